The van der Waals surface area contributed by atoms with Crippen LogP contribution in [0.15, 0.2) is 30.3 Å². The Morgan fingerprint density at radius 3 is 2.64 bits per heavy atom. The van der Waals surface area contributed by atoms with Gasteiger partial charge in [-0.1, -0.05) is 25.1 Å². The van der Waals surface area contributed by atoms with Gasteiger partial charge in [-0.25, -0.2) is 0 Å². The summed E-state index contributed by atoms with van der Waals surface area (Å²) in [4.78, 5) is 16.7. The van der Waals surface area contributed by atoms with Crippen molar-refractivity contribution in [1.82, 2.24) is 4.90 Å². The minimum Gasteiger partial charge on any atom is -0.329 e. The van der Waals surface area contributed by atoms with E-state index in [4.69, 9.17) is 5.73 Å². The van der Waals surface area contributed by atoms with Crippen LogP contribution in [0.3, 0.4) is 0 Å². The van der Waals surface area contributed by atoms with Gasteiger partial charge >= 0.3 is 0 Å². The zero-order chi connectivity index (χ0) is 15.2. The van der Waals surface area contributed by atoms with E-state index in [1.54, 1.807) is 0 Å². The van der Waals surface area contributed by atoms with E-state index in [2.05, 4.69) is 11.8 Å². The number of likely N-dealkylation sites (tertiary alicyclic amines) is 1. The summed E-state index contributed by atoms with van der Waals surface area (Å²) in [5.74, 6) is 0.873. The van der Waals surface area contributed by atoms with Crippen molar-refractivity contribution in [1.29, 1.82) is 0 Å². The maximum Gasteiger partial charge on any atom is 0.241 e. The van der Waals surface area contributed by atoms with Crippen LogP contribution in [-0.2, 0) is 4.79 Å². The predicted octanol–water partition coefficient (Wildman–Crippen LogP) is 2.52. The van der Waals surface area contributed by atoms with E-state index in [1.807, 2.05) is 42.2 Å². The third-order valence-electron chi connectivity index (χ3n) is 4.40. The van der Waals surface area contributed by atoms with Crippen LogP contribution < -0.4 is 10.6 Å². The van der Waals surface area contributed by atoms with Gasteiger partial charge in [-0.2, -0.15) is 0 Å². The summed E-state index contributed by atoms with van der Waals surface area (Å²) in [7, 11) is 0. The van der Waals surface area contributed by atoms with Crippen LogP contribution in [0, 0.1) is 5.92 Å². The SMILES string of the molecule is CCN(C(=O)CN1CCC(C)CC1CN)c1ccccc1.Cl. The zero-order valence-corrected chi connectivity index (χ0v) is 14.4. The van der Waals surface area contributed by atoms with Gasteiger partial charge in [0.25, 0.3) is 0 Å². The lowest BCUT2D eigenvalue weighted by Gasteiger charge is -2.38. The molecule has 22 heavy (non-hydrogen) atoms. The van der Waals surface area contributed by atoms with Gasteiger partial charge in [0, 0.05) is 24.8 Å². The lowest BCUT2D eigenvalue weighted by Crippen LogP contribution is -2.50. The molecule has 5 heteroatoms. The monoisotopic (exact) mass is 325 g/mol. The third kappa shape index (κ3) is 4.70. The molecule has 1 fully saturated rings. The molecule has 0 radical (unpaired) electrons. The Bertz CT molecular complexity index is 454. The first-order valence-corrected chi connectivity index (χ1v) is 7.95. The highest BCUT2D eigenvalue weighted by atomic mass is 35.5. The Balaban J connectivity index is 0.00000242. The van der Waals surface area contributed by atoms with Crippen molar-refractivity contribution in [3.05, 3.63) is 30.3 Å². The molecule has 0 spiro atoms. The van der Waals surface area contributed by atoms with E-state index >= 15 is 0 Å². The Morgan fingerprint density at radius 2 is 2.05 bits per heavy atom. The average molecular weight is 326 g/mol. The van der Waals surface area contributed by atoms with Crippen molar-refractivity contribution in [2.45, 2.75) is 32.7 Å². The largest absolute Gasteiger partial charge is 0.329 e. The van der Waals surface area contributed by atoms with Gasteiger partial charge in [0.2, 0.25) is 5.91 Å². The molecule has 0 aliphatic carbocycles. The molecule has 2 atom stereocenters. The number of para-hydroxylation sites is 1. The van der Waals surface area contributed by atoms with Gasteiger partial charge in [-0.05, 0) is 44.4 Å². The molecule has 1 aliphatic rings. The van der Waals surface area contributed by atoms with Crippen LogP contribution in [0.5, 0.6) is 0 Å². The first-order chi connectivity index (χ1) is 10.2. The summed E-state index contributed by atoms with van der Waals surface area (Å²) in [6.07, 6.45) is 2.25. The number of amides is 1. The second-order valence-electron chi connectivity index (χ2n) is 5.96. The van der Waals surface area contributed by atoms with Crippen molar-refractivity contribution < 1.29 is 4.79 Å². The first-order valence-electron chi connectivity index (χ1n) is 7.95. The summed E-state index contributed by atoms with van der Waals surface area (Å²) < 4.78 is 0. The number of anilines is 1. The van der Waals surface area contributed by atoms with Crippen molar-refractivity contribution in [2.24, 2.45) is 11.7 Å². The quantitative estimate of drug-likeness (QED) is 0.905. The number of benzene rings is 1. The molecule has 2 N–H and O–H groups in total. The summed E-state index contributed by atoms with van der Waals surface area (Å²) in [6.45, 7) is 7.06. The summed E-state index contributed by atoms with van der Waals surface area (Å²) in [6, 6.07) is 10.2. The van der Waals surface area contributed by atoms with E-state index in [0.717, 1.165) is 25.1 Å². The van der Waals surface area contributed by atoms with E-state index in [-0.39, 0.29) is 18.3 Å². The number of nitrogens with two attached hydrogens (primary N) is 1. The van der Waals surface area contributed by atoms with Crippen molar-refractivity contribution in [2.75, 3.05) is 31.1 Å². The number of carbonyl (C=O) groups excluding carboxylic acids is 1. The summed E-state index contributed by atoms with van der Waals surface area (Å²) >= 11 is 0. The number of carbonyl (C=O) groups is 1. The van der Waals surface area contributed by atoms with Crippen LogP contribution in [-0.4, -0.2) is 43.0 Å². The molecule has 2 unspecified atom stereocenters. The molecular formula is C17H28ClN3O. The molecule has 0 saturated carbocycles. The average Bonchev–Trinajstić information content (AvgIpc) is 2.51. The van der Waals surface area contributed by atoms with Gasteiger partial charge in [0.15, 0.2) is 0 Å². The molecule has 1 saturated heterocycles. The lowest BCUT2D eigenvalue weighted by molar-refractivity contribution is -0.120. The summed E-state index contributed by atoms with van der Waals surface area (Å²) in [5.41, 5.74) is 6.86. The summed E-state index contributed by atoms with van der Waals surface area (Å²) in [5, 5.41) is 0. The zero-order valence-electron chi connectivity index (χ0n) is 13.6. The van der Waals surface area contributed by atoms with Crippen LogP contribution >= 0.6 is 12.4 Å². The number of halogens is 1. The molecule has 0 bridgehead atoms. The van der Waals surface area contributed by atoms with Crippen molar-refractivity contribution in [3.63, 3.8) is 0 Å². The van der Waals surface area contributed by atoms with Crippen LogP contribution in [0.4, 0.5) is 5.69 Å². The molecule has 2 rings (SSSR count). The number of nitrogens with zero attached hydrogens (tertiary/aromatic N) is 2. The topological polar surface area (TPSA) is 49.6 Å². The van der Waals surface area contributed by atoms with Crippen molar-refractivity contribution >= 4 is 24.0 Å². The smallest absolute Gasteiger partial charge is 0.241 e. The minimum absolute atomic E-state index is 0. The number of piperidine rings is 1. The molecule has 1 amide bonds. The highest BCUT2D eigenvalue weighted by molar-refractivity contribution is 5.94. The first kappa shape index (κ1) is 18.9. The predicted molar refractivity (Wildman–Crippen MR) is 94.5 cm³/mol. The molecular weight excluding hydrogens is 298 g/mol. The van der Waals surface area contributed by atoms with Crippen molar-refractivity contribution in [3.8, 4) is 0 Å². The molecule has 1 heterocycles. The lowest BCUT2D eigenvalue weighted by atomic mass is 9.92. The fourth-order valence-corrected chi connectivity index (χ4v) is 3.12. The van der Waals surface area contributed by atoms with Gasteiger partial charge < -0.3 is 10.6 Å². The molecule has 1 aromatic rings. The van der Waals surface area contributed by atoms with E-state index in [1.165, 1.54) is 0 Å². The third-order valence-corrected chi connectivity index (χ3v) is 4.40. The molecule has 0 aromatic heterocycles. The fraction of sp³-hybridized carbons (Fsp3) is 0.588. The Morgan fingerprint density at radius 1 is 1.36 bits per heavy atom. The Labute approximate surface area is 140 Å². The maximum absolute atomic E-state index is 12.6. The van der Waals surface area contributed by atoms with Crippen LogP contribution in [0.2, 0.25) is 0 Å². The molecule has 4 nitrogen and oxygen atoms in total. The highest BCUT2D eigenvalue weighted by Gasteiger charge is 2.28. The number of hydrogen-bond donors (Lipinski definition) is 1. The second-order valence-corrected chi connectivity index (χ2v) is 5.96. The standard InChI is InChI=1S/C17H27N3O.ClH/c1-3-20(15-7-5-4-6-8-15)17(21)13-19-10-9-14(2)11-16(19)12-18;/h4-8,14,16H,3,9-13,18H2,1-2H3;1H. The fourth-order valence-electron chi connectivity index (χ4n) is 3.12. The molecule has 1 aliphatic heterocycles. The van der Waals surface area contributed by atoms with E-state index < -0.39 is 0 Å². The number of rotatable bonds is 5. The Hall–Kier alpha value is -1.10. The minimum atomic E-state index is 0. The highest BCUT2D eigenvalue weighted by Crippen LogP contribution is 2.22. The maximum atomic E-state index is 12.6. The second kappa shape index (κ2) is 9.13. The Kier molecular flexibility index (Phi) is 7.87. The molecule has 124 valence electrons. The van der Waals surface area contributed by atoms with E-state index in [9.17, 15) is 4.79 Å². The number of hydrogen-bond acceptors (Lipinski definition) is 3. The van der Waals surface area contributed by atoms with Gasteiger partial charge in [0.05, 0.1) is 6.54 Å². The van der Waals surface area contributed by atoms with Gasteiger partial charge in [0.1, 0.15) is 0 Å². The normalized spacial score (nSPS) is 22.0. The number of likely N-dealkylation sites (N-methyl/N-ethyl adjacent to an activating group) is 1. The van der Waals surface area contributed by atoms with Crippen LogP contribution in [0.25, 0.3) is 0 Å². The van der Waals surface area contributed by atoms with E-state index in [0.29, 0.717) is 31.6 Å². The van der Waals surface area contributed by atoms with Gasteiger partial charge in [-0.15, -0.1) is 12.4 Å². The van der Waals surface area contributed by atoms with Gasteiger partial charge in [-0.3, -0.25) is 9.69 Å². The molecule has 1 aromatic carbocycles. The van der Waals surface area contributed by atoms with Crippen LogP contribution in [0.1, 0.15) is 26.7 Å².